The maximum Gasteiger partial charge on any atom is 0.244 e. The van der Waals surface area contributed by atoms with Crippen molar-refractivity contribution in [2.45, 2.75) is 27.2 Å². The molecule has 1 heterocycles. The lowest BCUT2D eigenvalue weighted by Crippen LogP contribution is -2.23. The molecule has 1 aromatic heterocycles. The molecule has 0 atom stereocenters. The zero-order chi connectivity index (χ0) is 16.1. The van der Waals surface area contributed by atoms with Gasteiger partial charge >= 0.3 is 0 Å². The number of carbonyl (C=O) groups excluding carboxylic acids is 1. The van der Waals surface area contributed by atoms with E-state index in [-0.39, 0.29) is 5.91 Å². The van der Waals surface area contributed by atoms with Gasteiger partial charge < -0.3 is 5.32 Å². The average molecular weight is 297 g/mol. The number of aryl methyl sites for hydroxylation is 3. The summed E-state index contributed by atoms with van der Waals surface area (Å²) >= 11 is 0. The van der Waals surface area contributed by atoms with Crippen LogP contribution in [0.3, 0.4) is 0 Å². The van der Waals surface area contributed by atoms with Crippen LogP contribution < -0.4 is 5.32 Å². The first-order chi connectivity index (χ1) is 10.5. The van der Waals surface area contributed by atoms with E-state index >= 15 is 0 Å². The van der Waals surface area contributed by atoms with Crippen molar-refractivity contribution in [2.75, 3.05) is 6.54 Å². The molecule has 1 aromatic carbocycles. The van der Waals surface area contributed by atoms with Crippen molar-refractivity contribution in [3.8, 4) is 0 Å². The van der Waals surface area contributed by atoms with Gasteiger partial charge in [0, 0.05) is 25.4 Å². The van der Waals surface area contributed by atoms with E-state index in [9.17, 15) is 4.79 Å². The molecule has 0 aliphatic rings. The molecule has 4 heteroatoms. The van der Waals surface area contributed by atoms with Gasteiger partial charge in [0.05, 0.1) is 5.69 Å². The molecule has 1 N–H and O–H groups in total. The van der Waals surface area contributed by atoms with Gasteiger partial charge in [-0.2, -0.15) is 5.10 Å². The van der Waals surface area contributed by atoms with E-state index in [1.54, 1.807) is 6.08 Å². The van der Waals surface area contributed by atoms with Gasteiger partial charge in [-0.15, -0.1) is 0 Å². The highest BCUT2D eigenvalue weighted by atomic mass is 16.1. The SMILES string of the molecule is Cc1cccc(/C=C/C(=O)NCCc2c(C)nn(C)c2C)c1. The Labute approximate surface area is 131 Å². The van der Waals surface area contributed by atoms with E-state index in [1.807, 2.05) is 55.9 Å². The van der Waals surface area contributed by atoms with E-state index < -0.39 is 0 Å². The van der Waals surface area contributed by atoms with Crippen LogP contribution in [0.1, 0.15) is 28.1 Å². The van der Waals surface area contributed by atoms with Gasteiger partial charge in [-0.3, -0.25) is 9.48 Å². The minimum absolute atomic E-state index is 0.0688. The number of aromatic nitrogens is 2. The fraction of sp³-hybridized carbons (Fsp3) is 0.333. The van der Waals surface area contributed by atoms with Crippen LogP contribution in [0.2, 0.25) is 0 Å². The third-order valence-corrected chi connectivity index (χ3v) is 3.80. The molecule has 0 unspecified atom stereocenters. The van der Waals surface area contributed by atoms with E-state index in [0.717, 1.165) is 23.4 Å². The number of rotatable bonds is 5. The van der Waals surface area contributed by atoms with Gasteiger partial charge in [0.1, 0.15) is 0 Å². The van der Waals surface area contributed by atoms with Crippen LogP contribution in [0.25, 0.3) is 6.08 Å². The monoisotopic (exact) mass is 297 g/mol. The van der Waals surface area contributed by atoms with Crippen molar-refractivity contribution in [1.29, 1.82) is 0 Å². The highest BCUT2D eigenvalue weighted by Crippen LogP contribution is 2.11. The van der Waals surface area contributed by atoms with Gasteiger partial charge in [0.2, 0.25) is 5.91 Å². The highest BCUT2D eigenvalue weighted by molar-refractivity contribution is 5.91. The normalized spacial score (nSPS) is 11.1. The van der Waals surface area contributed by atoms with Gasteiger partial charge in [0.15, 0.2) is 0 Å². The molecule has 22 heavy (non-hydrogen) atoms. The number of amides is 1. The molecule has 0 aliphatic carbocycles. The Kier molecular flexibility index (Phi) is 5.15. The number of benzene rings is 1. The van der Waals surface area contributed by atoms with Gasteiger partial charge in [-0.1, -0.05) is 29.8 Å². The Morgan fingerprint density at radius 1 is 1.32 bits per heavy atom. The van der Waals surface area contributed by atoms with Crippen LogP contribution >= 0.6 is 0 Å². The zero-order valence-electron chi connectivity index (χ0n) is 13.7. The van der Waals surface area contributed by atoms with Crippen molar-refractivity contribution in [3.63, 3.8) is 0 Å². The van der Waals surface area contributed by atoms with E-state index in [1.165, 1.54) is 11.1 Å². The van der Waals surface area contributed by atoms with Crippen LogP contribution in [0.5, 0.6) is 0 Å². The van der Waals surface area contributed by atoms with Crippen molar-refractivity contribution < 1.29 is 4.79 Å². The van der Waals surface area contributed by atoms with Crippen molar-refractivity contribution >= 4 is 12.0 Å². The Bertz CT molecular complexity index is 698. The first-order valence-electron chi connectivity index (χ1n) is 7.49. The second kappa shape index (κ2) is 7.07. The number of hydrogen-bond donors (Lipinski definition) is 1. The smallest absolute Gasteiger partial charge is 0.244 e. The Hall–Kier alpha value is -2.36. The lowest BCUT2D eigenvalue weighted by Gasteiger charge is -2.03. The molecule has 0 bridgehead atoms. The predicted octanol–water partition coefficient (Wildman–Crippen LogP) is 2.72. The maximum atomic E-state index is 11.8. The second-order valence-corrected chi connectivity index (χ2v) is 5.56. The molecule has 116 valence electrons. The molecule has 0 spiro atoms. The van der Waals surface area contributed by atoms with Crippen LogP contribution in [0, 0.1) is 20.8 Å². The first-order valence-corrected chi connectivity index (χ1v) is 7.49. The Morgan fingerprint density at radius 2 is 2.09 bits per heavy atom. The fourth-order valence-corrected chi connectivity index (χ4v) is 2.49. The van der Waals surface area contributed by atoms with Crippen LogP contribution in [0.15, 0.2) is 30.3 Å². The first kappa shape index (κ1) is 16.0. The maximum absolute atomic E-state index is 11.8. The number of carbonyl (C=O) groups is 1. The topological polar surface area (TPSA) is 46.9 Å². The lowest BCUT2D eigenvalue weighted by atomic mass is 10.1. The molecule has 1 amide bonds. The molecule has 0 saturated carbocycles. The molecule has 4 nitrogen and oxygen atoms in total. The summed E-state index contributed by atoms with van der Waals surface area (Å²) in [4.78, 5) is 11.8. The summed E-state index contributed by atoms with van der Waals surface area (Å²) in [6, 6.07) is 8.06. The predicted molar refractivity (Wildman–Crippen MR) is 89.6 cm³/mol. The van der Waals surface area contributed by atoms with E-state index in [2.05, 4.69) is 17.3 Å². The molecule has 0 fully saturated rings. The van der Waals surface area contributed by atoms with Gasteiger partial charge in [0.25, 0.3) is 0 Å². The largest absolute Gasteiger partial charge is 0.352 e. The second-order valence-electron chi connectivity index (χ2n) is 5.56. The summed E-state index contributed by atoms with van der Waals surface area (Å²) < 4.78 is 1.88. The Balaban J connectivity index is 1.85. The molecular weight excluding hydrogens is 274 g/mol. The number of nitrogens with zero attached hydrogens (tertiary/aromatic N) is 2. The van der Waals surface area contributed by atoms with Gasteiger partial charge in [-0.05, 0) is 44.4 Å². The molecule has 0 aliphatic heterocycles. The standard InChI is InChI=1S/C18H23N3O/c1-13-6-5-7-16(12-13)8-9-18(22)19-11-10-17-14(2)20-21(4)15(17)3/h5-9,12H,10-11H2,1-4H3,(H,19,22)/b9-8+. The third kappa shape index (κ3) is 4.07. The van der Waals surface area contributed by atoms with Crippen molar-refractivity contribution in [3.05, 3.63) is 58.4 Å². The zero-order valence-corrected chi connectivity index (χ0v) is 13.7. The van der Waals surface area contributed by atoms with E-state index in [0.29, 0.717) is 6.54 Å². The summed E-state index contributed by atoms with van der Waals surface area (Å²) in [7, 11) is 1.94. The average Bonchev–Trinajstić information content (AvgIpc) is 2.71. The van der Waals surface area contributed by atoms with Crippen molar-refractivity contribution in [2.24, 2.45) is 7.05 Å². The van der Waals surface area contributed by atoms with E-state index in [4.69, 9.17) is 0 Å². The summed E-state index contributed by atoms with van der Waals surface area (Å²) in [6.45, 7) is 6.71. The number of hydrogen-bond acceptors (Lipinski definition) is 2. The molecule has 2 aromatic rings. The minimum Gasteiger partial charge on any atom is -0.352 e. The van der Waals surface area contributed by atoms with Crippen LogP contribution in [-0.2, 0) is 18.3 Å². The van der Waals surface area contributed by atoms with Gasteiger partial charge in [-0.25, -0.2) is 0 Å². The molecular formula is C18H23N3O. The quantitative estimate of drug-likeness (QED) is 0.863. The summed E-state index contributed by atoms with van der Waals surface area (Å²) in [6.07, 6.45) is 4.22. The molecule has 0 radical (unpaired) electrons. The molecule has 0 saturated heterocycles. The van der Waals surface area contributed by atoms with Crippen LogP contribution in [-0.4, -0.2) is 22.2 Å². The molecule has 2 rings (SSSR count). The van der Waals surface area contributed by atoms with Crippen molar-refractivity contribution in [1.82, 2.24) is 15.1 Å². The Morgan fingerprint density at radius 3 is 2.73 bits per heavy atom. The fourth-order valence-electron chi connectivity index (χ4n) is 2.49. The lowest BCUT2D eigenvalue weighted by molar-refractivity contribution is -0.116. The summed E-state index contributed by atoms with van der Waals surface area (Å²) in [5, 5.41) is 7.30. The van der Waals surface area contributed by atoms with Crippen LogP contribution in [0.4, 0.5) is 0 Å². The summed E-state index contributed by atoms with van der Waals surface area (Å²) in [5.74, 6) is -0.0688. The number of nitrogens with one attached hydrogen (secondary N) is 1. The third-order valence-electron chi connectivity index (χ3n) is 3.80. The summed E-state index contributed by atoms with van der Waals surface area (Å²) in [5.41, 5.74) is 5.62. The minimum atomic E-state index is -0.0688. The highest BCUT2D eigenvalue weighted by Gasteiger charge is 2.08.